The van der Waals surface area contributed by atoms with Gasteiger partial charge in [0, 0.05) is 26.2 Å². The summed E-state index contributed by atoms with van der Waals surface area (Å²) in [5, 5.41) is 11.3. The number of rotatable bonds is 12. The van der Waals surface area contributed by atoms with Gasteiger partial charge in [-0.15, -0.1) is 0 Å². The van der Waals surface area contributed by atoms with Crippen LogP contribution in [0.4, 0.5) is 0 Å². The number of ether oxygens (including phenoxy) is 2. The highest BCUT2D eigenvalue weighted by atomic mass is 32.2. The Bertz CT molecular complexity index is 1370. The molecule has 0 aromatic heterocycles. The number of ketones is 1. The minimum atomic E-state index is -3.69. The molecule has 10 nitrogen and oxygen atoms in total. The Morgan fingerprint density at radius 2 is 1.74 bits per heavy atom. The summed E-state index contributed by atoms with van der Waals surface area (Å²) in [4.78, 5) is 30.0. The number of methoxy groups -OCH3 is 1. The summed E-state index contributed by atoms with van der Waals surface area (Å²) in [7, 11) is 4.47. The molecule has 2 aromatic rings. The van der Waals surface area contributed by atoms with Crippen molar-refractivity contribution >= 4 is 27.5 Å². The van der Waals surface area contributed by atoms with Crippen LogP contribution in [0.2, 0.25) is 0 Å². The quantitative estimate of drug-likeness (QED) is 0.183. The van der Waals surface area contributed by atoms with E-state index in [0.29, 0.717) is 30.0 Å². The second-order valence-electron chi connectivity index (χ2n) is 9.47. The molecular weight excluding hydrogens is 522 g/mol. The number of sulfonamides is 1. The maximum atomic E-state index is 13.3. The van der Waals surface area contributed by atoms with Gasteiger partial charge in [0.15, 0.2) is 11.5 Å². The zero-order valence-electron chi connectivity index (χ0n) is 22.9. The lowest BCUT2D eigenvalue weighted by Gasteiger charge is -2.26. The summed E-state index contributed by atoms with van der Waals surface area (Å²) in [6.07, 6.45) is 2.20. The van der Waals surface area contributed by atoms with E-state index in [1.54, 1.807) is 24.3 Å². The van der Waals surface area contributed by atoms with E-state index in [0.717, 1.165) is 4.31 Å². The third kappa shape index (κ3) is 6.32. The number of carbonyl (C=O) groups excluding carboxylic acids is 2. The van der Waals surface area contributed by atoms with Crippen molar-refractivity contribution in [3.05, 3.63) is 71.8 Å². The summed E-state index contributed by atoms with van der Waals surface area (Å²) < 4.78 is 37.1. The molecule has 2 aromatic carbocycles. The zero-order chi connectivity index (χ0) is 28.9. The third-order valence-corrected chi connectivity index (χ3v) is 8.14. The van der Waals surface area contributed by atoms with Crippen LogP contribution in [0.1, 0.15) is 23.6 Å². The highest BCUT2D eigenvalue weighted by molar-refractivity contribution is 7.89. The molecule has 39 heavy (non-hydrogen) atoms. The number of carbonyl (C=O) groups is 2. The molecule has 1 aliphatic rings. The summed E-state index contributed by atoms with van der Waals surface area (Å²) in [6, 6.07) is 9.70. The van der Waals surface area contributed by atoms with Crippen LogP contribution in [0.25, 0.3) is 5.76 Å². The fraction of sp³-hybridized carbons (Fsp3) is 0.357. The number of likely N-dealkylation sites (tertiary alicyclic amines) is 1. The SMILES string of the molecule is C=CCOc1ccc([C@H]2C(=C(O)c3ccc(S(=O)(=O)N(C)C)cc3)C(=O)C(=O)N2CCCN(C)C)cc1OC. The number of Topliss-reactive ketones (excluding diaryl/α,β-unsaturated/α-hetero) is 1. The Labute approximate surface area is 229 Å². The lowest BCUT2D eigenvalue weighted by Crippen LogP contribution is -2.32. The normalized spacial score (nSPS) is 17.2. The Morgan fingerprint density at radius 3 is 2.31 bits per heavy atom. The molecule has 0 radical (unpaired) electrons. The summed E-state index contributed by atoms with van der Waals surface area (Å²) >= 11 is 0. The Kier molecular flexibility index (Phi) is 9.54. The van der Waals surface area contributed by atoms with Crippen LogP contribution >= 0.6 is 0 Å². The van der Waals surface area contributed by atoms with Crippen LogP contribution in [0, 0.1) is 0 Å². The first kappa shape index (κ1) is 29.9. The van der Waals surface area contributed by atoms with Gasteiger partial charge in [0.1, 0.15) is 12.4 Å². The fourth-order valence-corrected chi connectivity index (χ4v) is 5.19. The van der Waals surface area contributed by atoms with Crippen LogP contribution in [-0.4, -0.2) is 94.3 Å². The first-order valence-electron chi connectivity index (χ1n) is 12.3. The Balaban J connectivity index is 2.13. The topological polar surface area (TPSA) is 117 Å². The van der Waals surface area contributed by atoms with Gasteiger partial charge in [-0.05, 0) is 69.0 Å². The van der Waals surface area contributed by atoms with Gasteiger partial charge in [-0.1, -0.05) is 18.7 Å². The van der Waals surface area contributed by atoms with Crippen molar-refractivity contribution in [2.45, 2.75) is 17.4 Å². The van der Waals surface area contributed by atoms with Gasteiger partial charge in [0.25, 0.3) is 11.7 Å². The van der Waals surface area contributed by atoms with E-state index in [4.69, 9.17) is 9.47 Å². The van der Waals surface area contributed by atoms with Crippen LogP contribution in [0.3, 0.4) is 0 Å². The predicted molar refractivity (Wildman–Crippen MR) is 148 cm³/mol. The summed E-state index contributed by atoms with van der Waals surface area (Å²) in [5.74, 6) is -1.08. The van der Waals surface area contributed by atoms with Gasteiger partial charge in [-0.2, -0.15) is 0 Å². The van der Waals surface area contributed by atoms with Crippen molar-refractivity contribution in [1.82, 2.24) is 14.1 Å². The largest absolute Gasteiger partial charge is 0.507 e. The van der Waals surface area contributed by atoms with E-state index >= 15 is 0 Å². The molecule has 1 amide bonds. The van der Waals surface area contributed by atoms with Crippen molar-refractivity contribution in [3.8, 4) is 11.5 Å². The molecule has 1 fully saturated rings. The molecule has 0 aliphatic carbocycles. The molecule has 1 N–H and O–H groups in total. The van der Waals surface area contributed by atoms with E-state index < -0.39 is 33.5 Å². The summed E-state index contributed by atoms with van der Waals surface area (Å²) in [6.45, 7) is 4.88. The standard InChI is InChI=1S/C28H35N3O7S/c1-7-17-38-22-14-11-20(18-23(22)37-6)25-24(27(33)28(34)31(25)16-8-15-29(2)3)26(32)19-9-12-21(13-10-19)39(35,36)30(4)5/h7,9-14,18,25,32H,1,8,15-17H2,2-6H3/t25-/m0/s1. The van der Waals surface area contributed by atoms with Gasteiger partial charge < -0.3 is 24.4 Å². The number of nitrogens with zero attached hydrogens (tertiary/aromatic N) is 3. The lowest BCUT2D eigenvalue weighted by molar-refractivity contribution is -0.139. The predicted octanol–water partition coefficient (Wildman–Crippen LogP) is 2.88. The Morgan fingerprint density at radius 1 is 1.08 bits per heavy atom. The molecule has 0 saturated carbocycles. The van der Waals surface area contributed by atoms with Crippen molar-refractivity contribution < 1.29 is 32.6 Å². The smallest absolute Gasteiger partial charge is 0.295 e. The number of aliphatic hydroxyl groups is 1. The maximum Gasteiger partial charge on any atom is 0.295 e. The molecule has 11 heteroatoms. The zero-order valence-corrected chi connectivity index (χ0v) is 23.7. The van der Waals surface area contributed by atoms with Gasteiger partial charge in [-0.25, -0.2) is 12.7 Å². The highest BCUT2D eigenvalue weighted by Crippen LogP contribution is 2.42. The van der Waals surface area contributed by atoms with E-state index in [1.165, 1.54) is 50.4 Å². The number of aliphatic hydroxyl groups excluding tert-OH is 1. The van der Waals surface area contributed by atoms with Crippen LogP contribution in [0.15, 0.2) is 65.6 Å². The number of amides is 1. The molecule has 0 bridgehead atoms. The van der Waals surface area contributed by atoms with Gasteiger partial charge in [0.2, 0.25) is 10.0 Å². The molecule has 0 spiro atoms. The molecular formula is C28H35N3O7S. The minimum Gasteiger partial charge on any atom is -0.507 e. The van der Waals surface area contributed by atoms with Crippen LogP contribution < -0.4 is 9.47 Å². The second kappa shape index (κ2) is 12.5. The van der Waals surface area contributed by atoms with E-state index in [-0.39, 0.29) is 29.2 Å². The molecule has 1 atom stereocenters. The molecule has 0 unspecified atom stereocenters. The van der Waals surface area contributed by atoms with Crippen LogP contribution in [-0.2, 0) is 19.6 Å². The lowest BCUT2D eigenvalue weighted by atomic mass is 9.95. The van der Waals surface area contributed by atoms with Crippen molar-refractivity contribution in [2.24, 2.45) is 0 Å². The second-order valence-corrected chi connectivity index (χ2v) is 11.6. The van der Waals surface area contributed by atoms with Gasteiger partial charge in [-0.3, -0.25) is 9.59 Å². The molecule has 1 saturated heterocycles. The highest BCUT2D eigenvalue weighted by Gasteiger charge is 2.46. The molecule has 3 rings (SSSR count). The van der Waals surface area contributed by atoms with Crippen molar-refractivity contribution in [3.63, 3.8) is 0 Å². The summed E-state index contributed by atoms with van der Waals surface area (Å²) in [5.41, 5.74) is 0.673. The minimum absolute atomic E-state index is 0.0320. The maximum absolute atomic E-state index is 13.3. The van der Waals surface area contributed by atoms with Crippen molar-refractivity contribution in [1.29, 1.82) is 0 Å². The van der Waals surface area contributed by atoms with Crippen molar-refractivity contribution in [2.75, 3.05) is 55.0 Å². The van der Waals surface area contributed by atoms with Gasteiger partial charge in [0.05, 0.1) is 23.6 Å². The number of hydrogen-bond acceptors (Lipinski definition) is 8. The fourth-order valence-electron chi connectivity index (χ4n) is 4.29. The first-order chi connectivity index (χ1) is 18.4. The van der Waals surface area contributed by atoms with E-state index in [1.807, 2.05) is 19.0 Å². The first-order valence-corrected chi connectivity index (χ1v) is 13.8. The molecule has 1 heterocycles. The number of benzene rings is 2. The Hall–Kier alpha value is -3.67. The van der Waals surface area contributed by atoms with E-state index in [2.05, 4.69) is 6.58 Å². The van der Waals surface area contributed by atoms with Gasteiger partial charge >= 0.3 is 0 Å². The molecule has 210 valence electrons. The average molecular weight is 558 g/mol. The van der Waals surface area contributed by atoms with Crippen LogP contribution in [0.5, 0.6) is 11.5 Å². The number of hydrogen-bond donors (Lipinski definition) is 1. The monoisotopic (exact) mass is 557 g/mol. The van der Waals surface area contributed by atoms with E-state index in [9.17, 15) is 23.1 Å². The average Bonchev–Trinajstić information content (AvgIpc) is 3.16. The third-order valence-electron chi connectivity index (χ3n) is 6.31. The molecule has 1 aliphatic heterocycles.